The third-order valence-electron chi connectivity index (χ3n) is 5.61. The largest absolute Gasteiger partial charge is 0.325 e. The Morgan fingerprint density at radius 3 is 2.30 bits per heavy atom. The molecule has 2 rings (SSSR count). The molecule has 0 heterocycles. The van der Waals surface area contributed by atoms with Gasteiger partial charge < -0.3 is 5.73 Å². The highest BCUT2D eigenvalue weighted by molar-refractivity contribution is 5.82. The zero-order chi connectivity index (χ0) is 14.4. The van der Waals surface area contributed by atoms with Gasteiger partial charge in [0.05, 0.1) is 0 Å². The minimum Gasteiger partial charge on any atom is -0.325 e. The van der Waals surface area contributed by atoms with E-state index in [4.69, 9.17) is 5.73 Å². The maximum Gasteiger partial charge on any atom is 0.138 e. The van der Waals surface area contributed by atoms with Gasteiger partial charge in [0.2, 0.25) is 0 Å². The second kappa shape index (κ2) is 7.59. The van der Waals surface area contributed by atoms with Gasteiger partial charge >= 0.3 is 0 Å². The van der Waals surface area contributed by atoms with Gasteiger partial charge in [0, 0.05) is 17.9 Å². The molecule has 0 aromatic heterocycles. The fraction of sp³-hybridized carbons (Fsp3) is 0.944. The van der Waals surface area contributed by atoms with E-state index in [0.717, 1.165) is 25.7 Å². The molecule has 2 aliphatic carbocycles. The molecule has 0 bridgehead atoms. The summed E-state index contributed by atoms with van der Waals surface area (Å²) < 4.78 is 0. The van der Waals surface area contributed by atoms with Crippen molar-refractivity contribution in [2.45, 2.75) is 95.9 Å². The Kier molecular flexibility index (Phi) is 6.07. The van der Waals surface area contributed by atoms with Crippen LogP contribution in [0.1, 0.15) is 90.4 Å². The van der Waals surface area contributed by atoms with E-state index in [1.54, 1.807) is 0 Å². The molecule has 0 amide bonds. The van der Waals surface area contributed by atoms with Crippen molar-refractivity contribution in [3.05, 3.63) is 0 Å². The van der Waals surface area contributed by atoms with Crippen molar-refractivity contribution in [1.82, 2.24) is 0 Å². The molecular formula is C18H33NO. The van der Waals surface area contributed by atoms with Crippen LogP contribution in [0, 0.1) is 11.8 Å². The lowest BCUT2D eigenvalue weighted by atomic mass is 9.71. The molecule has 0 aromatic carbocycles. The molecule has 0 saturated heterocycles. The summed E-state index contributed by atoms with van der Waals surface area (Å²) in [5.41, 5.74) is 6.33. The topological polar surface area (TPSA) is 43.1 Å². The standard InChI is InChI=1S/C18H33NO/c1-2-9-16(15-10-5-3-6-11-15)17(20)14-18(19)12-7-4-8-13-18/h15-16H,2-14,19H2,1H3. The van der Waals surface area contributed by atoms with Crippen LogP contribution in [0.15, 0.2) is 0 Å². The molecule has 2 N–H and O–H groups in total. The lowest BCUT2D eigenvalue weighted by Gasteiger charge is -2.36. The molecule has 1 unspecified atom stereocenters. The molecule has 0 aliphatic heterocycles. The van der Waals surface area contributed by atoms with Crippen LogP contribution in [0.4, 0.5) is 0 Å². The molecule has 2 heteroatoms. The Labute approximate surface area is 124 Å². The summed E-state index contributed by atoms with van der Waals surface area (Å²) >= 11 is 0. The summed E-state index contributed by atoms with van der Waals surface area (Å²) in [6.07, 6.45) is 15.3. The van der Waals surface area contributed by atoms with Crippen molar-refractivity contribution in [3.63, 3.8) is 0 Å². The number of hydrogen-bond donors (Lipinski definition) is 1. The Morgan fingerprint density at radius 2 is 1.70 bits per heavy atom. The second-order valence-corrected chi connectivity index (χ2v) is 7.36. The molecule has 0 radical (unpaired) electrons. The SMILES string of the molecule is CCCC(C(=O)CC1(N)CCCCC1)C1CCCCC1. The molecule has 0 spiro atoms. The quantitative estimate of drug-likeness (QED) is 0.772. The van der Waals surface area contributed by atoms with E-state index in [1.807, 2.05) is 0 Å². The van der Waals surface area contributed by atoms with Gasteiger partial charge in [-0.2, -0.15) is 0 Å². The molecule has 116 valence electrons. The highest BCUT2D eigenvalue weighted by Crippen LogP contribution is 2.36. The first kappa shape index (κ1) is 16.0. The van der Waals surface area contributed by atoms with Crippen LogP contribution in [0.25, 0.3) is 0 Å². The first-order valence-electron chi connectivity index (χ1n) is 8.96. The summed E-state index contributed by atoms with van der Waals surface area (Å²) in [5.74, 6) is 1.45. The number of Topliss-reactive ketones (excluding diaryl/α,β-unsaturated/α-hetero) is 1. The highest BCUT2D eigenvalue weighted by Gasteiger charge is 2.35. The van der Waals surface area contributed by atoms with Crippen molar-refractivity contribution in [3.8, 4) is 0 Å². The van der Waals surface area contributed by atoms with Crippen molar-refractivity contribution in [1.29, 1.82) is 0 Å². The van der Waals surface area contributed by atoms with Gasteiger partial charge in [-0.3, -0.25) is 4.79 Å². The highest BCUT2D eigenvalue weighted by atomic mass is 16.1. The van der Waals surface area contributed by atoms with E-state index < -0.39 is 0 Å². The van der Waals surface area contributed by atoms with Gasteiger partial charge in [-0.15, -0.1) is 0 Å². The number of carbonyl (C=O) groups is 1. The fourth-order valence-electron chi connectivity index (χ4n) is 4.42. The van der Waals surface area contributed by atoms with Crippen molar-refractivity contribution < 1.29 is 4.79 Å². The Hall–Kier alpha value is -0.370. The fourth-order valence-corrected chi connectivity index (χ4v) is 4.42. The summed E-state index contributed by atoms with van der Waals surface area (Å²) in [7, 11) is 0. The first-order valence-corrected chi connectivity index (χ1v) is 8.96. The minimum atomic E-state index is -0.171. The van der Waals surface area contributed by atoms with Crippen LogP contribution in [-0.4, -0.2) is 11.3 Å². The van der Waals surface area contributed by atoms with E-state index in [0.29, 0.717) is 24.0 Å². The van der Waals surface area contributed by atoms with Gasteiger partial charge in [0.15, 0.2) is 0 Å². The smallest absolute Gasteiger partial charge is 0.138 e. The second-order valence-electron chi connectivity index (χ2n) is 7.36. The number of hydrogen-bond acceptors (Lipinski definition) is 2. The summed E-state index contributed by atoms with van der Waals surface area (Å²) in [6.45, 7) is 2.21. The average molecular weight is 279 g/mol. The first-order chi connectivity index (χ1) is 9.64. The molecule has 1 atom stereocenters. The van der Waals surface area contributed by atoms with Gasteiger partial charge in [-0.05, 0) is 38.0 Å². The third kappa shape index (κ3) is 4.31. The number of rotatable bonds is 6. The van der Waals surface area contributed by atoms with Gasteiger partial charge in [-0.25, -0.2) is 0 Å². The van der Waals surface area contributed by atoms with Crippen LogP contribution < -0.4 is 5.73 Å². The van der Waals surface area contributed by atoms with Crippen LogP contribution in [0.3, 0.4) is 0 Å². The molecular weight excluding hydrogens is 246 g/mol. The molecule has 2 aliphatic rings. The minimum absolute atomic E-state index is 0.171. The molecule has 2 fully saturated rings. The predicted octanol–water partition coefficient (Wildman–Crippen LogP) is 4.60. The predicted molar refractivity (Wildman–Crippen MR) is 84.6 cm³/mol. The number of carbonyl (C=O) groups excluding carboxylic acids is 1. The molecule has 20 heavy (non-hydrogen) atoms. The van der Waals surface area contributed by atoms with E-state index in [9.17, 15) is 4.79 Å². The summed E-state index contributed by atoms with van der Waals surface area (Å²) in [6, 6.07) is 0. The Balaban J connectivity index is 1.94. The van der Waals surface area contributed by atoms with Crippen LogP contribution >= 0.6 is 0 Å². The molecule has 0 aromatic rings. The Bertz CT molecular complexity index is 301. The average Bonchev–Trinajstić information content (AvgIpc) is 2.46. The monoisotopic (exact) mass is 279 g/mol. The Morgan fingerprint density at radius 1 is 1.10 bits per heavy atom. The van der Waals surface area contributed by atoms with E-state index in [-0.39, 0.29) is 5.54 Å². The number of nitrogens with two attached hydrogens (primary N) is 1. The van der Waals surface area contributed by atoms with Gasteiger partial charge in [0.25, 0.3) is 0 Å². The lowest BCUT2D eigenvalue weighted by Crippen LogP contribution is -2.45. The van der Waals surface area contributed by atoms with Crippen molar-refractivity contribution in [2.24, 2.45) is 17.6 Å². The normalized spacial score (nSPS) is 25.3. The zero-order valence-corrected chi connectivity index (χ0v) is 13.3. The van der Waals surface area contributed by atoms with E-state index >= 15 is 0 Å². The number of ketones is 1. The maximum absolute atomic E-state index is 12.8. The maximum atomic E-state index is 12.8. The van der Waals surface area contributed by atoms with E-state index in [2.05, 4.69) is 6.92 Å². The van der Waals surface area contributed by atoms with Crippen LogP contribution in [-0.2, 0) is 4.79 Å². The van der Waals surface area contributed by atoms with Crippen molar-refractivity contribution >= 4 is 5.78 Å². The third-order valence-corrected chi connectivity index (χ3v) is 5.61. The molecule has 2 nitrogen and oxygen atoms in total. The molecule has 2 saturated carbocycles. The van der Waals surface area contributed by atoms with E-state index in [1.165, 1.54) is 51.4 Å². The van der Waals surface area contributed by atoms with Crippen LogP contribution in [0.5, 0.6) is 0 Å². The van der Waals surface area contributed by atoms with Crippen LogP contribution in [0.2, 0.25) is 0 Å². The van der Waals surface area contributed by atoms with Gasteiger partial charge in [0.1, 0.15) is 5.78 Å². The summed E-state index contributed by atoms with van der Waals surface area (Å²) in [5, 5.41) is 0. The summed E-state index contributed by atoms with van der Waals surface area (Å²) in [4.78, 5) is 12.8. The van der Waals surface area contributed by atoms with Gasteiger partial charge in [-0.1, -0.05) is 51.9 Å². The zero-order valence-electron chi connectivity index (χ0n) is 13.3. The van der Waals surface area contributed by atoms with Crippen molar-refractivity contribution in [2.75, 3.05) is 0 Å². The lowest BCUT2D eigenvalue weighted by molar-refractivity contribution is -0.126.